The maximum absolute atomic E-state index is 12.4. The van der Waals surface area contributed by atoms with Crippen molar-refractivity contribution in [3.63, 3.8) is 0 Å². The molecule has 1 aromatic heterocycles. The third-order valence-electron chi connectivity index (χ3n) is 2.92. The van der Waals surface area contributed by atoms with Crippen LogP contribution in [0.25, 0.3) is 0 Å². The number of hydrogen-bond acceptors (Lipinski definition) is 4. The van der Waals surface area contributed by atoms with E-state index < -0.39 is 12.0 Å². The molecule has 1 aromatic carbocycles. The Kier molecular flexibility index (Phi) is 3.99. The first-order valence-corrected chi connectivity index (χ1v) is 6.77. The summed E-state index contributed by atoms with van der Waals surface area (Å²) >= 11 is 0.720. The molecule has 0 aliphatic rings. The minimum atomic E-state index is -4.49. The van der Waals surface area contributed by atoms with Crippen molar-refractivity contribution in [3.8, 4) is 0 Å². The second-order valence-electron chi connectivity index (χ2n) is 5.02. The fourth-order valence-corrected chi connectivity index (χ4v) is 2.28. The van der Waals surface area contributed by atoms with Gasteiger partial charge in [-0.2, -0.15) is 22.5 Å². The first-order chi connectivity index (χ1) is 9.29. The van der Waals surface area contributed by atoms with Crippen LogP contribution in [0.4, 0.5) is 18.3 Å². The minimum absolute atomic E-state index is 0.182. The van der Waals surface area contributed by atoms with Crippen LogP contribution in [0.5, 0.6) is 0 Å². The van der Waals surface area contributed by atoms with Gasteiger partial charge >= 0.3 is 6.18 Å². The van der Waals surface area contributed by atoms with Gasteiger partial charge in [0.05, 0.1) is 0 Å². The molecule has 7 heteroatoms. The fourth-order valence-electron chi connectivity index (χ4n) is 1.70. The summed E-state index contributed by atoms with van der Waals surface area (Å²) in [5.74, 6) is -1.09. The molecule has 0 spiro atoms. The molecule has 0 aliphatic carbocycles. The number of benzene rings is 1. The van der Waals surface area contributed by atoms with E-state index >= 15 is 0 Å². The standard InChI is InChI=1S/C13H14F3N3S/c1-12(2,9-6-4-3-5-7-9)8-17-11-18-10(19-20-11)13(14,15)16/h3-7H,8H2,1-2H3,(H,17,18,19). The van der Waals surface area contributed by atoms with Gasteiger partial charge in [0.15, 0.2) is 0 Å². The molecule has 0 fully saturated rings. The van der Waals surface area contributed by atoms with Crippen molar-refractivity contribution in [1.29, 1.82) is 0 Å². The van der Waals surface area contributed by atoms with E-state index in [-0.39, 0.29) is 10.5 Å². The van der Waals surface area contributed by atoms with E-state index in [0.29, 0.717) is 6.54 Å². The Balaban J connectivity index is 2.03. The summed E-state index contributed by atoms with van der Waals surface area (Å²) < 4.78 is 40.5. The first kappa shape index (κ1) is 14.8. The Morgan fingerprint density at radius 1 is 1.15 bits per heavy atom. The summed E-state index contributed by atoms with van der Waals surface area (Å²) in [6.07, 6.45) is -4.49. The Hall–Kier alpha value is -1.63. The topological polar surface area (TPSA) is 37.8 Å². The zero-order valence-electron chi connectivity index (χ0n) is 11.0. The van der Waals surface area contributed by atoms with Gasteiger partial charge in [0.2, 0.25) is 11.0 Å². The third-order valence-corrected chi connectivity index (χ3v) is 3.59. The van der Waals surface area contributed by atoms with Crippen molar-refractivity contribution in [2.75, 3.05) is 11.9 Å². The summed E-state index contributed by atoms with van der Waals surface area (Å²) in [6, 6.07) is 9.77. The average molecular weight is 301 g/mol. The highest BCUT2D eigenvalue weighted by molar-refractivity contribution is 7.09. The third kappa shape index (κ3) is 3.47. The summed E-state index contributed by atoms with van der Waals surface area (Å²) in [6.45, 7) is 4.51. The maximum atomic E-state index is 12.4. The van der Waals surface area contributed by atoms with Gasteiger partial charge in [-0.25, -0.2) is 0 Å². The summed E-state index contributed by atoms with van der Waals surface area (Å²) in [5.41, 5.74) is 0.888. The van der Waals surface area contributed by atoms with Gasteiger partial charge < -0.3 is 5.32 Å². The van der Waals surface area contributed by atoms with Crippen LogP contribution in [-0.4, -0.2) is 15.9 Å². The molecule has 0 saturated heterocycles. The van der Waals surface area contributed by atoms with E-state index in [2.05, 4.69) is 14.7 Å². The van der Waals surface area contributed by atoms with Gasteiger partial charge in [0.25, 0.3) is 0 Å². The smallest absolute Gasteiger partial charge is 0.359 e. The molecule has 108 valence electrons. The number of alkyl halides is 3. The van der Waals surface area contributed by atoms with Crippen molar-refractivity contribution < 1.29 is 13.2 Å². The van der Waals surface area contributed by atoms with Crippen LogP contribution in [0.3, 0.4) is 0 Å². The summed E-state index contributed by atoms with van der Waals surface area (Å²) in [5, 5.41) is 3.10. The van der Waals surface area contributed by atoms with Crippen LogP contribution in [0.15, 0.2) is 30.3 Å². The molecule has 0 unspecified atom stereocenters. The van der Waals surface area contributed by atoms with Crippen molar-refractivity contribution in [1.82, 2.24) is 9.36 Å². The van der Waals surface area contributed by atoms with E-state index in [4.69, 9.17) is 0 Å². The van der Waals surface area contributed by atoms with Crippen LogP contribution in [0.2, 0.25) is 0 Å². The Labute approximate surface area is 119 Å². The fraction of sp³-hybridized carbons (Fsp3) is 0.385. The second-order valence-corrected chi connectivity index (χ2v) is 5.78. The molecule has 0 amide bonds. The lowest BCUT2D eigenvalue weighted by Gasteiger charge is -2.25. The van der Waals surface area contributed by atoms with Crippen molar-refractivity contribution in [3.05, 3.63) is 41.7 Å². The van der Waals surface area contributed by atoms with Gasteiger partial charge in [-0.3, -0.25) is 0 Å². The van der Waals surface area contributed by atoms with Gasteiger partial charge in [0, 0.05) is 23.5 Å². The number of hydrogen-bond donors (Lipinski definition) is 1. The molecule has 20 heavy (non-hydrogen) atoms. The maximum Gasteiger partial charge on any atom is 0.452 e. The van der Waals surface area contributed by atoms with Gasteiger partial charge in [-0.05, 0) is 5.56 Å². The lowest BCUT2D eigenvalue weighted by Crippen LogP contribution is -2.27. The largest absolute Gasteiger partial charge is 0.452 e. The molecule has 0 radical (unpaired) electrons. The lowest BCUT2D eigenvalue weighted by molar-refractivity contribution is -0.144. The number of aromatic nitrogens is 2. The van der Waals surface area contributed by atoms with Crippen molar-refractivity contribution in [2.45, 2.75) is 25.4 Å². The number of halogens is 3. The number of rotatable bonds is 4. The number of nitrogens with one attached hydrogen (secondary N) is 1. The Morgan fingerprint density at radius 2 is 1.80 bits per heavy atom. The average Bonchev–Trinajstić information content (AvgIpc) is 2.86. The molecule has 1 N–H and O–H groups in total. The lowest BCUT2D eigenvalue weighted by atomic mass is 9.85. The van der Waals surface area contributed by atoms with Crippen LogP contribution in [0.1, 0.15) is 25.2 Å². The van der Waals surface area contributed by atoms with Crippen LogP contribution in [0, 0.1) is 0 Å². The highest BCUT2D eigenvalue weighted by atomic mass is 32.1. The highest BCUT2D eigenvalue weighted by Gasteiger charge is 2.36. The van der Waals surface area contributed by atoms with E-state index in [1.807, 2.05) is 44.2 Å². The number of nitrogens with zero attached hydrogens (tertiary/aromatic N) is 2. The molecule has 2 aromatic rings. The molecule has 0 aliphatic heterocycles. The quantitative estimate of drug-likeness (QED) is 0.929. The zero-order chi connectivity index (χ0) is 14.8. The molecule has 3 nitrogen and oxygen atoms in total. The monoisotopic (exact) mass is 301 g/mol. The molecule has 2 rings (SSSR count). The SMILES string of the molecule is CC(C)(CNc1nc(C(F)(F)F)ns1)c1ccccc1. The van der Waals surface area contributed by atoms with E-state index in [9.17, 15) is 13.2 Å². The van der Waals surface area contributed by atoms with E-state index in [0.717, 1.165) is 17.1 Å². The summed E-state index contributed by atoms with van der Waals surface area (Å²) in [7, 11) is 0. The number of anilines is 1. The summed E-state index contributed by atoms with van der Waals surface area (Å²) in [4.78, 5) is 3.45. The molecule has 0 saturated carbocycles. The molecule has 0 atom stereocenters. The molecular formula is C13H14F3N3S. The molecule has 0 bridgehead atoms. The second kappa shape index (κ2) is 5.40. The van der Waals surface area contributed by atoms with Crippen LogP contribution < -0.4 is 5.32 Å². The molecular weight excluding hydrogens is 287 g/mol. The van der Waals surface area contributed by atoms with Crippen LogP contribution in [-0.2, 0) is 11.6 Å². The van der Waals surface area contributed by atoms with Gasteiger partial charge in [0.1, 0.15) is 0 Å². The normalized spacial score (nSPS) is 12.4. The van der Waals surface area contributed by atoms with E-state index in [1.54, 1.807) is 0 Å². The minimum Gasteiger partial charge on any atom is -0.359 e. The van der Waals surface area contributed by atoms with Gasteiger partial charge in [-0.1, -0.05) is 44.2 Å². The predicted molar refractivity (Wildman–Crippen MR) is 72.9 cm³/mol. The Bertz CT molecular complexity index is 564. The highest BCUT2D eigenvalue weighted by Crippen LogP contribution is 2.30. The van der Waals surface area contributed by atoms with Crippen LogP contribution >= 0.6 is 11.5 Å². The van der Waals surface area contributed by atoms with Crippen molar-refractivity contribution in [2.24, 2.45) is 0 Å². The first-order valence-electron chi connectivity index (χ1n) is 5.99. The van der Waals surface area contributed by atoms with Gasteiger partial charge in [-0.15, -0.1) is 0 Å². The Morgan fingerprint density at radius 3 is 2.35 bits per heavy atom. The zero-order valence-corrected chi connectivity index (χ0v) is 11.8. The molecule has 1 heterocycles. The predicted octanol–water partition coefficient (Wildman–Crippen LogP) is 3.95. The van der Waals surface area contributed by atoms with Crippen molar-refractivity contribution >= 4 is 16.7 Å². The van der Waals surface area contributed by atoms with E-state index in [1.165, 1.54) is 0 Å².